The lowest BCUT2D eigenvalue weighted by atomic mass is 9.97. The SMILES string of the molecule is COc1cc2c(cc1OC)-c1cc(OCCc3ccccc3)nc(=O)n1CC2. The van der Waals surface area contributed by atoms with Crippen LogP contribution in [0.4, 0.5) is 0 Å². The molecule has 4 rings (SSSR count). The molecule has 0 saturated heterocycles. The Bertz CT molecular complexity index is 1040. The lowest BCUT2D eigenvalue weighted by Crippen LogP contribution is -2.28. The zero-order valence-electron chi connectivity index (χ0n) is 16.0. The summed E-state index contributed by atoms with van der Waals surface area (Å²) in [5, 5.41) is 0. The molecule has 3 aromatic rings. The van der Waals surface area contributed by atoms with Crippen molar-refractivity contribution in [2.75, 3.05) is 20.8 Å². The quantitative estimate of drug-likeness (QED) is 0.660. The van der Waals surface area contributed by atoms with Crippen LogP contribution in [0.15, 0.2) is 53.3 Å². The van der Waals surface area contributed by atoms with Gasteiger partial charge in [0.15, 0.2) is 11.5 Å². The zero-order chi connectivity index (χ0) is 19.5. The molecule has 1 aliphatic heterocycles. The number of rotatable bonds is 6. The molecular weight excluding hydrogens is 356 g/mol. The van der Waals surface area contributed by atoms with Crippen molar-refractivity contribution in [1.82, 2.24) is 9.55 Å². The van der Waals surface area contributed by atoms with Gasteiger partial charge in [-0.3, -0.25) is 4.57 Å². The van der Waals surface area contributed by atoms with Crippen molar-refractivity contribution in [3.8, 4) is 28.6 Å². The summed E-state index contributed by atoms with van der Waals surface area (Å²) in [6, 6.07) is 15.8. The highest BCUT2D eigenvalue weighted by Crippen LogP contribution is 2.38. The minimum Gasteiger partial charge on any atom is -0.493 e. The third kappa shape index (κ3) is 3.45. The number of hydrogen-bond acceptors (Lipinski definition) is 5. The first kappa shape index (κ1) is 18.1. The monoisotopic (exact) mass is 378 g/mol. The van der Waals surface area contributed by atoms with Crippen LogP contribution < -0.4 is 19.9 Å². The molecule has 144 valence electrons. The Morgan fingerprint density at radius 2 is 1.79 bits per heavy atom. The van der Waals surface area contributed by atoms with Crippen molar-refractivity contribution in [1.29, 1.82) is 0 Å². The molecule has 1 aliphatic rings. The minimum atomic E-state index is -0.298. The fraction of sp³-hybridized carbons (Fsp3) is 0.273. The number of aryl methyl sites for hydroxylation is 1. The molecule has 2 aromatic carbocycles. The topological polar surface area (TPSA) is 62.6 Å². The van der Waals surface area contributed by atoms with E-state index < -0.39 is 0 Å². The van der Waals surface area contributed by atoms with Gasteiger partial charge in [-0.2, -0.15) is 4.98 Å². The van der Waals surface area contributed by atoms with E-state index in [4.69, 9.17) is 14.2 Å². The summed E-state index contributed by atoms with van der Waals surface area (Å²) in [5.74, 6) is 1.66. The molecule has 0 bridgehead atoms. The summed E-state index contributed by atoms with van der Waals surface area (Å²) < 4.78 is 18.3. The van der Waals surface area contributed by atoms with Crippen LogP contribution in [0.3, 0.4) is 0 Å². The molecule has 0 fully saturated rings. The number of methoxy groups -OCH3 is 2. The summed E-state index contributed by atoms with van der Waals surface area (Å²) in [7, 11) is 3.22. The highest BCUT2D eigenvalue weighted by molar-refractivity contribution is 5.70. The van der Waals surface area contributed by atoms with Crippen molar-refractivity contribution >= 4 is 0 Å². The first-order chi connectivity index (χ1) is 13.7. The number of fused-ring (bicyclic) bond motifs is 3. The van der Waals surface area contributed by atoms with Crippen LogP contribution in [0.5, 0.6) is 17.4 Å². The largest absolute Gasteiger partial charge is 0.493 e. The maximum Gasteiger partial charge on any atom is 0.351 e. The number of nitrogens with zero attached hydrogens (tertiary/aromatic N) is 2. The Kier molecular flexibility index (Phi) is 5.02. The Labute approximate surface area is 163 Å². The number of aromatic nitrogens is 2. The lowest BCUT2D eigenvalue weighted by Gasteiger charge is -2.23. The Hall–Kier alpha value is -3.28. The third-order valence-electron chi connectivity index (χ3n) is 4.96. The first-order valence-corrected chi connectivity index (χ1v) is 9.23. The molecule has 0 saturated carbocycles. The van der Waals surface area contributed by atoms with Gasteiger partial charge in [-0.25, -0.2) is 4.79 Å². The maximum atomic E-state index is 12.5. The molecule has 0 atom stereocenters. The standard InChI is InChI=1S/C22H22N2O4/c1-26-19-12-16-8-10-24-18(17(16)13-20(19)27-2)14-21(23-22(24)25)28-11-9-15-6-4-3-5-7-15/h3-7,12-14H,8-11H2,1-2H3. The molecule has 28 heavy (non-hydrogen) atoms. The van der Waals surface area contributed by atoms with Crippen molar-refractivity contribution < 1.29 is 14.2 Å². The number of ether oxygens (including phenoxy) is 3. The number of benzene rings is 2. The van der Waals surface area contributed by atoms with Gasteiger partial charge in [0.2, 0.25) is 5.88 Å². The van der Waals surface area contributed by atoms with Crippen molar-refractivity contribution in [3.63, 3.8) is 0 Å². The van der Waals surface area contributed by atoms with Crippen LogP contribution in [0.25, 0.3) is 11.3 Å². The van der Waals surface area contributed by atoms with E-state index in [1.807, 2.05) is 36.4 Å². The molecule has 1 aromatic heterocycles. The van der Waals surface area contributed by atoms with Crippen LogP contribution in [0.2, 0.25) is 0 Å². The van der Waals surface area contributed by atoms with Gasteiger partial charge >= 0.3 is 5.69 Å². The van der Waals surface area contributed by atoms with Crippen molar-refractivity contribution in [2.45, 2.75) is 19.4 Å². The molecule has 6 heteroatoms. The van der Waals surface area contributed by atoms with E-state index >= 15 is 0 Å². The smallest absolute Gasteiger partial charge is 0.351 e. The van der Waals surface area contributed by atoms with E-state index in [9.17, 15) is 4.79 Å². The van der Waals surface area contributed by atoms with Gasteiger partial charge < -0.3 is 14.2 Å². The second kappa shape index (κ2) is 7.76. The summed E-state index contributed by atoms with van der Waals surface area (Å²) in [6.45, 7) is 1.03. The fourth-order valence-corrected chi connectivity index (χ4v) is 3.51. The summed E-state index contributed by atoms with van der Waals surface area (Å²) in [4.78, 5) is 16.6. The van der Waals surface area contributed by atoms with Crippen LogP contribution in [-0.2, 0) is 19.4 Å². The lowest BCUT2D eigenvalue weighted by molar-refractivity contribution is 0.306. The van der Waals surface area contributed by atoms with Crippen LogP contribution in [0, 0.1) is 0 Å². The molecule has 0 unspecified atom stereocenters. The molecular formula is C22H22N2O4. The Morgan fingerprint density at radius 1 is 1.04 bits per heavy atom. The predicted molar refractivity (Wildman–Crippen MR) is 106 cm³/mol. The highest BCUT2D eigenvalue weighted by Gasteiger charge is 2.22. The second-order valence-corrected chi connectivity index (χ2v) is 6.61. The third-order valence-corrected chi connectivity index (χ3v) is 4.96. The molecule has 0 N–H and O–H groups in total. The Balaban J connectivity index is 1.64. The maximum absolute atomic E-state index is 12.5. The van der Waals surface area contributed by atoms with E-state index in [1.165, 1.54) is 5.56 Å². The van der Waals surface area contributed by atoms with Gasteiger partial charge in [0, 0.05) is 24.6 Å². The van der Waals surface area contributed by atoms with Crippen LogP contribution >= 0.6 is 0 Å². The fourth-order valence-electron chi connectivity index (χ4n) is 3.51. The van der Waals surface area contributed by atoms with E-state index in [0.717, 1.165) is 29.7 Å². The van der Waals surface area contributed by atoms with E-state index in [1.54, 1.807) is 18.8 Å². The molecule has 0 amide bonds. The predicted octanol–water partition coefficient (Wildman–Crippen LogP) is 3.11. The molecule has 0 aliphatic carbocycles. The first-order valence-electron chi connectivity index (χ1n) is 9.23. The Morgan fingerprint density at radius 3 is 2.54 bits per heavy atom. The van der Waals surface area contributed by atoms with Gasteiger partial charge in [0.25, 0.3) is 0 Å². The molecule has 0 radical (unpaired) electrons. The van der Waals surface area contributed by atoms with Crippen molar-refractivity contribution in [3.05, 3.63) is 70.1 Å². The normalized spacial score (nSPS) is 12.1. The van der Waals surface area contributed by atoms with Gasteiger partial charge in [-0.1, -0.05) is 30.3 Å². The van der Waals surface area contributed by atoms with E-state index in [-0.39, 0.29) is 5.69 Å². The van der Waals surface area contributed by atoms with E-state index in [2.05, 4.69) is 17.1 Å². The van der Waals surface area contributed by atoms with Crippen molar-refractivity contribution in [2.24, 2.45) is 0 Å². The summed E-state index contributed by atoms with van der Waals surface area (Å²) >= 11 is 0. The average molecular weight is 378 g/mol. The minimum absolute atomic E-state index is 0.298. The van der Waals surface area contributed by atoms with Gasteiger partial charge in [0.1, 0.15) is 0 Å². The van der Waals surface area contributed by atoms with Gasteiger partial charge in [-0.05, 0) is 29.7 Å². The highest BCUT2D eigenvalue weighted by atomic mass is 16.5. The number of hydrogen-bond donors (Lipinski definition) is 0. The van der Waals surface area contributed by atoms with Crippen LogP contribution in [0.1, 0.15) is 11.1 Å². The second-order valence-electron chi connectivity index (χ2n) is 6.61. The van der Waals surface area contributed by atoms with Gasteiger partial charge in [-0.15, -0.1) is 0 Å². The zero-order valence-corrected chi connectivity index (χ0v) is 16.0. The average Bonchev–Trinajstić information content (AvgIpc) is 2.73. The molecule has 0 spiro atoms. The molecule has 2 heterocycles. The molecule has 6 nitrogen and oxygen atoms in total. The van der Waals surface area contributed by atoms with Gasteiger partial charge in [0.05, 0.1) is 26.5 Å². The summed E-state index contributed by atoms with van der Waals surface area (Å²) in [6.07, 6.45) is 1.49. The summed E-state index contributed by atoms with van der Waals surface area (Å²) in [5.41, 5.74) is 3.72. The van der Waals surface area contributed by atoms with E-state index in [0.29, 0.717) is 30.5 Å². The van der Waals surface area contributed by atoms with Crippen LogP contribution in [-0.4, -0.2) is 30.4 Å².